The molecule has 6 heteroatoms. The molecular weight excluding hydrogens is 284 g/mol. The topological polar surface area (TPSA) is 76.7 Å². The van der Waals surface area contributed by atoms with Gasteiger partial charge in [-0.05, 0) is 17.9 Å². The second-order valence-corrected chi connectivity index (χ2v) is 4.93. The molecule has 0 atom stereocenters. The normalized spacial score (nSPS) is 11.2. The maximum atomic E-state index is 11.9. The fourth-order valence-electron chi connectivity index (χ4n) is 1.71. The minimum Gasteiger partial charge on any atom is -0.504 e. The number of nitrogens with one attached hydrogen (secondary N) is 2. The third kappa shape index (κ3) is 6.41. The zero-order valence-electron chi connectivity index (χ0n) is 13.1. The summed E-state index contributed by atoms with van der Waals surface area (Å²) in [4.78, 5) is 28.5. The van der Waals surface area contributed by atoms with Crippen LogP contribution in [0.2, 0.25) is 0 Å². The number of urea groups is 1. The van der Waals surface area contributed by atoms with Gasteiger partial charge in [-0.25, -0.2) is 10.3 Å². The Morgan fingerprint density at radius 3 is 2.50 bits per heavy atom. The molecule has 1 aromatic carbocycles. The van der Waals surface area contributed by atoms with E-state index in [2.05, 4.69) is 10.8 Å². The van der Waals surface area contributed by atoms with Gasteiger partial charge in [0.2, 0.25) is 0 Å². The van der Waals surface area contributed by atoms with Crippen LogP contribution in [0.1, 0.15) is 19.4 Å². The Hall–Kier alpha value is -2.34. The first-order valence-electron chi connectivity index (χ1n) is 7.04. The van der Waals surface area contributed by atoms with E-state index in [1.807, 2.05) is 44.2 Å². The molecule has 0 saturated carbocycles. The van der Waals surface area contributed by atoms with E-state index in [1.165, 1.54) is 13.4 Å². The lowest BCUT2D eigenvalue weighted by molar-refractivity contribution is -0.117. The van der Waals surface area contributed by atoms with E-state index in [1.54, 1.807) is 0 Å². The summed E-state index contributed by atoms with van der Waals surface area (Å²) in [6.07, 6.45) is 1.99. The van der Waals surface area contributed by atoms with Gasteiger partial charge < -0.3 is 4.74 Å². The van der Waals surface area contributed by atoms with Crippen LogP contribution in [0.15, 0.2) is 42.2 Å². The number of hydrogen-bond acceptors (Lipinski definition) is 4. The summed E-state index contributed by atoms with van der Waals surface area (Å²) in [5, 5.41) is 2.18. The van der Waals surface area contributed by atoms with Gasteiger partial charge in [-0.15, -0.1) is 0 Å². The molecule has 0 aliphatic heterocycles. The molecule has 0 aliphatic carbocycles. The molecular formula is C16H22N2O4. The molecule has 3 amide bonds. The Bertz CT molecular complexity index is 512. The van der Waals surface area contributed by atoms with Crippen LogP contribution in [0.3, 0.4) is 0 Å². The zero-order chi connectivity index (χ0) is 16.4. The van der Waals surface area contributed by atoms with Crippen molar-refractivity contribution in [2.45, 2.75) is 20.3 Å². The largest absolute Gasteiger partial charge is 0.504 e. The van der Waals surface area contributed by atoms with Crippen LogP contribution in [0.4, 0.5) is 4.79 Å². The van der Waals surface area contributed by atoms with E-state index >= 15 is 0 Å². The van der Waals surface area contributed by atoms with Crippen LogP contribution in [0, 0.1) is 5.92 Å². The minimum absolute atomic E-state index is 0.0632. The third-order valence-electron chi connectivity index (χ3n) is 2.86. The standard InChI is InChI=1S/C16H22N2O4/c1-12(2)14(11-21-3)15(19)17-16(20)18-22-10-9-13-7-5-4-6-8-13/h4-8,11-12H,9-10H2,1-3H3,(H2,17,18,19,20)/b14-11+. The van der Waals surface area contributed by atoms with Gasteiger partial charge in [0, 0.05) is 0 Å². The van der Waals surface area contributed by atoms with Gasteiger partial charge in [0.05, 0.1) is 25.6 Å². The number of hydroxylamine groups is 1. The number of carbonyl (C=O) groups is 2. The zero-order valence-corrected chi connectivity index (χ0v) is 13.1. The average molecular weight is 306 g/mol. The van der Waals surface area contributed by atoms with E-state index in [-0.39, 0.29) is 5.92 Å². The molecule has 120 valence electrons. The molecule has 0 fully saturated rings. The highest BCUT2D eigenvalue weighted by Crippen LogP contribution is 2.09. The number of carbonyl (C=O) groups excluding carboxylic acids is 2. The predicted octanol–water partition coefficient (Wildman–Crippen LogP) is 2.17. The van der Waals surface area contributed by atoms with Crippen LogP contribution < -0.4 is 10.8 Å². The number of hydrogen-bond donors (Lipinski definition) is 2. The maximum absolute atomic E-state index is 11.9. The summed E-state index contributed by atoms with van der Waals surface area (Å²) in [6, 6.07) is 9.03. The molecule has 0 saturated heterocycles. The number of methoxy groups -OCH3 is 1. The second kappa shape index (κ2) is 9.57. The molecule has 0 radical (unpaired) electrons. The van der Waals surface area contributed by atoms with Gasteiger partial charge >= 0.3 is 6.03 Å². The monoisotopic (exact) mass is 306 g/mol. The summed E-state index contributed by atoms with van der Waals surface area (Å²) in [5.74, 6) is -0.576. The molecule has 0 bridgehead atoms. The first-order chi connectivity index (χ1) is 10.5. The Kier molecular flexibility index (Phi) is 7.70. The molecule has 0 aliphatic rings. The van der Waals surface area contributed by atoms with Crippen molar-refractivity contribution in [1.82, 2.24) is 10.8 Å². The Labute approximate surface area is 130 Å². The number of benzene rings is 1. The third-order valence-corrected chi connectivity index (χ3v) is 2.86. The SMILES string of the molecule is CO/C=C(/C(=O)NC(=O)NOCCc1ccccc1)C(C)C. The fraction of sp³-hybridized carbons (Fsp3) is 0.375. The molecule has 0 spiro atoms. The van der Waals surface area contributed by atoms with Crippen LogP contribution in [-0.4, -0.2) is 25.7 Å². The number of imide groups is 1. The Morgan fingerprint density at radius 1 is 1.23 bits per heavy atom. The molecule has 0 aromatic heterocycles. The molecule has 0 unspecified atom stereocenters. The second-order valence-electron chi connectivity index (χ2n) is 4.93. The van der Waals surface area contributed by atoms with Crippen molar-refractivity contribution in [1.29, 1.82) is 0 Å². The first kappa shape index (κ1) is 17.7. The molecule has 0 heterocycles. The van der Waals surface area contributed by atoms with Crippen LogP contribution >= 0.6 is 0 Å². The van der Waals surface area contributed by atoms with E-state index in [4.69, 9.17) is 9.57 Å². The maximum Gasteiger partial charge on any atom is 0.345 e. The summed E-state index contributed by atoms with van der Waals surface area (Å²) >= 11 is 0. The number of rotatable bonds is 7. The van der Waals surface area contributed by atoms with Crippen molar-refractivity contribution in [2.75, 3.05) is 13.7 Å². The van der Waals surface area contributed by atoms with Crippen molar-refractivity contribution in [3.8, 4) is 0 Å². The van der Waals surface area contributed by atoms with Gasteiger partial charge in [0.15, 0.2) is 0 Å². The quantitative estimate of drug-likeness (QED) is 0.350. The van der Waals surface area contributed by atoms with Gasteiger partial charge in [-0.2, -0.15) is 0 Å². The van der Waals surface area contributed by atoms with E-state index in [0.29, 0.717) is 18.6 Å². The van der Waals surface area contributed by atoms with E-state index < -0.39 is 11.9 Å². The van der Waals surface area contributed by atoms with Gasteiger partial charge in [0.1, 0.15) is 0 Å². The van der Waals surface area contributed by atoms with Crippen molar-refractivity contribution < 1.29 is 19.2 Å². The predicted molar refractivity (Wildman–Crippen MR) is 82.7 cm³/mol. The highest BCUT2D eigenvalue weighted by molar-refractivity contribution is 6.03. The van der Waals surface area contributed by atoms with Gasteiger partial charge in [-0.3, -0.25) is 14.9 Å². The summed E-state index contributed by atoms with van der Waals surface area (Å²) in [6.45, 7) is 3.98. The van der Waals surface area contributed by atoms with Crippen molar-refractivity contribution in [2.24, 2.45) is 5.92 Å². The lowest BCUT2D eigenvalue weighted by Gasteiger charge is -2.11. The smallest absolute Gasteiger partial charge is 0.345 e. The Balaban J connectivity index is 2.31. The average Bonchev–Trinajstić information content (AvgIpc) is 2.49. The molecule has 2 N–H and O–H groups in total. The minimum atomic E-state index is -0.708. The number of amides is 3. The van der Waals surface area contributed by atoms with E-state index in [0.717, 1.165) is 5.56 Å². The van der Waals surface area contributed by atoms with Crippen molar-refractivity contribution in [3.63, 3.8) is 0 Å². The highest BCUT2D eigenvalue weighted by Gasteiger charge is 2.16. The van der Waals surface area contributed by atoms with Crippen LogP contribution in [-0.2, 0) is 20.8 Å². The summed E-state index contributed by atoms with van der Waals surface area (Å²) < 4.78 is 4.83. The molecule has 22 heavy (non-hydrogen) atoms. The molecule has 6 nitrogen and oxygen atoms in total. The van der Waals surface area contributed by atoms with Crippen LogP contribution in [0.25, 0.3) is 0 Å². The lowest BCUT2D eigenvalue weighted by Crippen LogP contribution is -2.41. The van der Waals surface area contributed by atoms with Crippen LogP contribution in [0.5, 0.6) is 0 Å². The highest BCUT2D eigenvalue weighted by atomic mass is 16.7. The Morgan fingerprint density at radius 2 is 1.91 bits per heavy atom. The van der Waals surface area contributed by atoms with Gasteiger partial charge in [0.25, 0.3) is 5.91 Å². The number of ether oxygens (including phenoxy) is 1. The first-order valence-corrected chi connectivity index (χ1v) is 7.04. The summed E-state index contributed by atoms with van der Waals surface area (Å²) in [5.41, 5.74) is 3.66. The molecule has 1 aromatic rings. The van der Waals surface area contributed by atoms with E-state index in [9.17, 15) is 9.59 Å². The van der Waals surface area contributed by atoms with Crippen molar-refractivity contribution in [3.05, 3.63) is 47.7 Å². The lowest BCUT2D eigenvalue weighted by atomic mass is 10.0. The van der Waals surface area contributed by atoms with Gasteiger partial charge in [-0.1, -0.05) is 44.2 Å². The molecule has 1 rings (SSSR count). The summed E-state index contributed by atoms with van der Waals surface area (Å²) in [7, 11) is 1.45. The fourth-order valence-corrected chi connectivity index (χ4v) is 1.71. The van der Waals surface area contributed by atoms with Crippen molar-refractivity contribution >= 4 is 11.9 Å².